The second kappa shape index (κ2) is 13.8. The number of fused-ring (bicyclic) bond motifs is 2. The average Bonchev–Trinajstić information content (AvgIpc) is 3.86. The van der Waals surface area contributed by atoms with E-state index in [1.165, 1.54) is 35.4 Å². The monoisotopic (exact) mass is 753 g/mol. The van der Waals surface area contributed by atoms with Gasteiger partial charge in [-0.3, -0.25) is 15.0 Å². The third-order valence-corrected chi connectivity index (χ3v) is 14.3. The van der Waals surface area contributed by atoms with Crippen molar-refractivity contribution in [3.8, 4) is 11.5 Å². The van der Waals surface area contributed by atoms with Gasteiger partial charge in [0.05, 0.1) is 43.7 Å². The van der Waals surface area contributed by atoms with Gasteiger partial charge < -0.3 is 56.1 Å². The molecule has 0 aromatic heterocycles. The molecule has 15 nitrogen and oxygen atoms in total. The van der Waals surface area contributed by atoms with Crippen molar-refractivity contribution in [2.75, 3.05) is 60.5 Å². The zero-order valence-corrected chi connectivity index (χ0v) is 32.6. The van der Waals surface area contributed by atoms with Crippen LogP contribution in [0.25, 0.3) is 0 Å². The number of benzene rings is 1. The van der Waals surface area contributed by atoms with Crippen molar-refractivity contribution in [2.24, 2.45) is 28.7 Å². The molecule has 4 bridgehead atoms. The van der Waals surface area contributed by atoms with E-state index in [1.807, 2.05) is 19.9 Å². The Bertz CT molecular complexity index is 1680. The van der Waals surface area contributed by atoms with Crippen LogP contribution in [0.3, 0.4) is 0 Å². The van der Waals surface area contributed by atoms with E-state index in [0.29, 0.717) is 36.9 Å². The summed E-state index contributed by atoms with van der Waals surface area (Å²) < 4.78 is 20.9. The van der Waals surface area contributed by atoms with Crippen LogP contribution in [-0.4, -0.2) is 128 Å². The molecular weight excluding hydrogens is 692 g/mol. The fourth-order valence-corrected chi connectivity index (χ4v) is 11.8. The molecule has 2 aliphatic heterocycles. The second-order valence-electron chi connectivity index (χ2n) is 17.8. The Morgan fingerprint density at radius 1 is 1.19 bits per heavy atom. The Labute approximate surface area is 318 Å². The molecular formula is C39H61N8O7+. The van der Waals surface area contributed by atoms with Crippen LogP contribution in [0.1, 0.15) is 76.3 Å². The number of carbonyl (C=O) groups is 3. The summed E-state index contributed by atoms with van der Waals surface area (Å²) >= 11 is 0. The van der Waals surface area contributed by atoms with Crippen molar-refractivity contribution in [1.29, 1.82) is 5.41 Å². The van der Waals surface area contributed by atoms with Crippen molar-refractivity contribution in [1.82, 2.24) is 20.9 Å². The van der Waals surface area contributed by atoms with Gasteiger partial charge in [0.1, 0.15) is 17.7 Å². The van der Waals surface area contributed by atoms with Crippen LogP contribution in [0.15, 0.2) is 12.1 Å². The van der Waals surface area contributed by atoms with Crippen LogP contribution in [0, 0.1) is 22.7 Å². The van der Waals surface area contributed by atoms with Crippen molar-refractivity contribution >= 4 is 23.9 Å². The number of rotatable bonds is 15. The molecule has 5 fully saturated rings. The zero-order valence-electron chi connectivity index (χ0n) is 32.6. The molecule has 1 unspecified atom stereocenters. The van der Waals surface area contributed by atoms with Crippen LogP contribution in [0.4, 0.5) is 4.79 Å². The summed E-state index contributed by atoms with van der Waals surface area (Å²) in [7, 11) is 5.86. The fourth-order valence-electron chi connectivity index (χ4n) is 11.8. The molecule has 298 valence electrons. The highest BCUT2D eigenvalue weighted by atomic mass is 16.6. The Morgan fingerprint density at radius 3 is 2.61 bits per heavy atom. The normalized spacial score (nSPS) is 33.2. The lowest BCUT2D eigenvalue weighted by atomic mass is 9.33. The summed E-state index contributed by atoms with van der Waals surface area (Å²) in [6.45, 7) is 6.49. The third kappa shape index (κ3) is 6.09. The van der Waals surface area contributed by atoms with Crippen LogP contribution < -0.4 is 36.9 Å². The highest BCUT2D eigenvalue weighted by Gasteiger charge is 2.84. The minimum absolute atomic E-state index is 0.0915. The van der Waals surface area contributed by atoms with Crippen LogP contribution in [0.5, 0.6) is 11.5 Å². The molecule has 1 saturated heterocycles. The topological polar surface area (TPSA) is 214 Å². The van der Waals surface area contributed by atoms with E-state index in [9.17, 15) is 19.5 Å². The summed E-state index contributed by atoms with van der Waals surface area (Å²) in [5.41, 5.74) is 11.2. The number of likely N-dealkylation sites (N-methyl/N-ethyl adjacent to an activating group) is 2. The van der Waals surface area contributed by atoms with Gasteiger partial charge in [0, 0.05) is 69.4 Å². The number of amides is 3. The number of piperidine rings is 1. The van der Waals surface area contributed by atoms with Crippen molar-refractivity contribution in [3.63, 3.8) is 0 Å². The van der Waals surface area contributed by atoms with Gasteiger partial charge in [0.25, 0.3) is 0 Å². The molecule has 3 amide bonds. The number of nitrogens with one attached hydrogen (secondary N) is 4. The molecule has 15 heteroatoms. The smallest absolute Gasteiger partial charge is 0.415 e. The standard InChI is InChI=1S/C39H60N8O7/c1-36(2,51)27-20-37-12-13-39(27,52-5)33-38(37)14-18-47(4,22-23-8-9-23)28(37)19-24-10-11-26(31(54-33)30(24)38)53-35(50)46(3)17-16-43-32(49)25(45-29(48)21-40)7-6-15-44-34(41)42/h10-11,23,25,27-28,33,51H,6-9,12-22,40H2,1-5H3,(H5-,41,42,43,44,45,48,49)/p+1/t25-,27+,28+,33+,37+,38-,39+,47?/m0/s1. The Balaban J connectivity index is 1.10. The second-order valence-corrected chi connectivity index (χ2v) is 17.8. The molecule has 1 aromatic rings. The van der Waals surface area contributed by atoms with Gasteiger partial charge in [0.2, 0.25) is 11.8 Å². The zero-order chi connectivity index (χ0) is 38.8. The predicted molar refractivity (Wildman–Crippen MR) is 201 cm³/mol. The number of carbonyl (C=O) groups excluding carboxylic acids is 3. The van der Waals surface area contributed by atoms with E-state index >= 15 is 0 Å². The summed E-state index contributed by atoms with van der Waals surface area (Å²) in [4.78, 5) is 40.1. The summed E-state index contributed by atoms with van der Waals surface area (Å²) in [5.74, 6) is 0.630. The molecule has 9 N–H and O–H groups in total. The first-order chi connectivity index (χ1) is 25.5. The largest absolute Gasteiger partial charge is 0.482 e. The molecule has 8 atom stereocenters. The first-order valence-electron chi connectivity index (χ1n) is 19.8. The molecule has 5 aliphatic carbocycles. The first-order valence-corrected chi connectivity index (χ1v) is 19.8. The number of likely N-dealkylation sites (tertiary alicyclic amines) is 1. The van der Waals surface area contributed by atoms with Crippen LogP contribution >= 0.6 is 0 Å². The van der Waals surface area contributed by atoms with Crippen LogP contribution in [-0.2, 0) is 26.2 Å². The minimum atomic E-state index is -0.978. The van der Waals surface area contributed by atoms with E-state index in [0.717, 1.165) is 49.0 Å². The van der Waals surface area contributed by atoms with Crippen molar-refractivity contribution < 1.29 is 38.2 Å². The number of methoxy groups -OCH3 is 1. The number of aliphatic hydroxyl groups is 1. The van der Waals surface area contributed by atoms with Gasteiger partial charge in [-0.05, 0) is 70.4 Å². The van der Waals surface area contributed by atoms with Gasteiger partial charge in [-0.15, -0.1) is 0 Å². The summed E-state index contributed by atoms with van der Waals surface area (Å²) in [5, 5.41) is 27.2. The minimum Gasteiger partial charge on any atom is -0.482 e. The molecule has 8 rings (SSSR count). The lowest BCUT2D eigenvalue weighted by Crippen LogP contribution is -2.84. The molecule has 2 spiro atoms. The third-order valence-electron chi connectivity index (χ3n) is 14.3. The average molecular weight is 754 g/mol. The quantitative estimate of drug-likeness (QED) is 0.0586. The number of quaternary nitrogens is 1. The number of nitrogens with two attached hydrogens (primary N) is 2. The molecule has 54 heavy (non-hydrogen) atoms. The van der Waals surface area contributed by atoms with Gasteiger partial charge in [-0.25, -0.2) is 4.79 Å². The molecule has 7 aliphatic rings. The maximum Gasteiger partial charge on any atom is 0.415 e. The highest BCUT2D eigenvalue weighted by Crippen LogP contribution is 2.78. The maximum atomic E-state index is 13.6. The SMILES string of the molecule is CO[C@]12CC[C@@]3(C[C@@H]1C(C)(C)O)[C@H]1Cc4ccc(OC(=O)N(C)CCNC(=O)[C@H](CCCNC(=N)N)NC(=O)CN)c5c4[C@@]3(CC[N+]1(C)CC1CC1)[C@H]2O5. The van der Waals surface area contributed by atoms with E-state index in [4.69, 9.17) is 31.1 Å². The molecule has 4 saturated carbocycles. The number of ether oxygens (including phenoxy) is 3. The van der Waals surface area contributed by atoms with Gasteiger partial charge in [0.15, 0.2) is 17.5 Å². The summed E-state index contributed by atoms with van der Waals surface area (Å²) in [6.07, 6.45) is 7.09. The number of hydrogen-bond acceptors (Lipinski definition) is 9. The molecule has 1 aromatic carbocycles. The van der Waals surface area contributed by atoms with Gasteiger partial charge >= 0.3 is 6.09 Å². The Kier molecular flexibility index (Phi) is 9.88. The van der Waals surface area contributed by atoms with Crippen molar-refractivity contribution in [2.45, 2.75) is 106 Å². The maximum absolute atomic E-state index is 13.6. The molecule has 0 radical (unpaired) electrons. The van der Waals surface area contributed by atoms with Crippen molar-refractivity contribution in [3.05, 3.63) is 23.3 Å². The van der Waals surface area contributed by atoms with E-state index < -0.39 is 35.2 Å². The Morgan fingerprint density at radius 2 is 1.94 bits per heavy atom. The first kappa shape index (κ1) is 38.6. The lowest BCUT2D eigenvalue weighted by Gasteiger charge is -2.75. The highest BCUT2D eigenvalue weighted by molar-refractivity contribution is 5.88. The summed E-state index contributed by atoms with van der Waals surface area (Å²) in [6, 6.07) is 3.57. The number of nitrogens with zero attached hydrogens (tertiary/aromatic N) is 2. The lowest BCUT2D eigenvalue weighted by molar-refractivity contribution is -0.952. The molecule has 2 heterocycles. The Hall–Kier alpha value is -3.66. The predicted octanol–water partition coefficient (Wildman–Crippen LogP) is 1.08. The van der Waals surface area contributed by atoms with Gasteiger partial charge in [-0.1, -0.05) is 6.07 Å². The fraction of sp³-hybridized carbons (Fsp3) is 0.744. The van der Waals surface area contributed by atoms with E-state index in [1.54, 1.807) is 14.2 Å². The van der Waals surface area contributed by atoms with Gasteiger partial charge in [-0.2, -0.15) is 0 Å². The van der Waals surface area contributed by atoms with Crippen LogP contribution in [0.2, 0.25) is 0 Å². The number of guanidine groups is 1. The number of hydrogen-bond donors (Lipinski definition) is 7. The van der Waals surface area contributed by atoms with E-state index in [2.05, 4.69) is 29.1 Å². The van der Waals surface area contributed by atoms with E-state index in [-0.39, 0.29) is 48.4 Å².